The summed E-state index contributed by atoms with van der Waals surface area (Å²) in [5.74, 6) is 0. The van der Waals surface area contributed by atoms with Crippen LogP contribution in [0, 0.1) is 6.92 Å². The lowest BCUT2D eigenvalue weighted by atomic mass is 10.2. The normalized spacial score (nSPS) is 10.7. The van der Waals surface area contributed by atoms with Crippen LogP contribution in [0.3, 0.4) is 0 Å². The van der Waals surface area contributed by atoms with Gasteiger partial charge in [0, 0.05) is 11.1 Å². The van der Waals surface area contributed by atoms with E-state index in [1.807, 2.05) is 31.2 Å². The number of para-hydroxylation sites is 1. The van der Waals surface area contributed by atoms with Crippen LogP contribution < -0.4 is 0 Å². The molecular weight excluding hydrogens is 230 g/mol. The maximum atomic E-state index is 8.74. The van der Waals surface area contributed by atoms with E-state index in [9.17, 15) is 0 Å². The fourth-order valence-electron chi connectivity index (χ4n) is 1.17. The van der Waals surface area contributed by atoms with Crippen LogP contribution >= 0.6 is 0 Å². The summed E-state index contributed by atoms with van der Waals surface area (Å²) in [6, 6.07) is 12.3. The second-order valence-electron chi connectivity index (χ2n) is 3.09. The zero-order valence-electron chi connectivity index (χ0n) is 8.53. The van der Waals surface area contributed by atoms with Gasteiger partial charge in [0.15, 0.2) is 0 Å². The van der Waals surface area contributed by atoms with Gasteiger partial charge in [0.25, 0.3) is 0 Å². The van der Waals surface area contributed by atoms with Crippen molar-refractivity contribution in [1.82, 2.24) is 4.98 Å². The maximum Gasteiger partial charge on any atom is 0.394 e. The Labute approximate surface area is 93.3 Å². The Morgan fingerprint density at radius 1 is 1.06 bits per heavy atom. The Kier molecular flexibility index (Phi) is 3.94. The van der Waals surface area contributed by atoms with Crippen molar-refractivity contribution < 1.29 is 17.5 Å². The SMILES string of the molecule is Cc1ccc2ccccc2n1.O=S(=O)(O)O. The zero-order valence-corrected chi connectivity index (χ0v) is 9.35. The molecule has 6 heteroatoms. The summed E-state index contributed by atoms with van der Waals surface area (Å²) in [6.07, 6.45) is 0. The summed E-state index contributed by atoms with van der Waals surface area (Å²) >= 11 is 0. The summed E-state index contributed by atoms with van der Waals surface area (Å²) in [5.41, 5.74) is 2.15. The van der Waals surface area contributed by atoms with E-state index in [-0.39, 0.29) is 0 Å². The predicted molar refractivity (Wildman–Crippen MR) is 60.7 cm³/mol. The Bertz CT molecular complexity index is 572. The van der Waals surface area contributed by atoms with Crippen LogP contribution in [-0.2, 0) is 10.4 Å². The van der Waals surface area contributed by atoms with Crippen molar-refractivity contribution in [2.75, 3.05) is 0 Å². The molecule has 5 nitrogen and oxygen atoms in total. The molecule has 2 rings (SSSR count). The van der Waals surface area contributed by atoms with Crippen LogP contribution in [0.4, 0.5) is 0 Å². The van der Waals surface area contributed by atoms with Crippen LogP contribution in [0.2, 0.25) is 0 Å². The molecular formula is C10H11NO4S. The number of nitrogens with zero attached hydrogens (tertiary/aromatic N) is 1. The highest BCUT2D eigenvalue weighted by Crippen LogP contribution is 2.10. The monoisotopic (exact) mass is 241 g/mol. The smallest absolute Gasteiger partial charge is 0.264 e. The molecule has 1 aromatic heterocycles. The van der Waals surface area contributed by atoms with Gasteiger partial charge in [-0.25, -0.2) is 0 Å². The molecule has 86 valence electrons. The highest BCUT2D eigenvalue weighted by molar-refractivity contribution is 7.79. The van der Waals surface area contributed by atoms with Crippen LogP contribution in [-0.4, -0.2) is 22.5 Å². The van der Waals surface area contributed by atoms with E-state index in [0.717, 1.165) is 11.2 Å². The summed E-state index contributed by atoms with van der Waals surface area (Å²) in [5, 5.41) is 1.21. The third-order valence-electron chi connectivity index (χ3n) is 1.74. The number of aromatic nitrogens is 1. The molecule has 1 heterocycles. The molecule has 0 aliphatic carbocycles. The maximum absolute atomic E-state index is 8.74. The van der Waals surface area contributed by atoms with Crippen molar-refractivity contribution in [2.24, 2.45) is 0 Å². The zero-order chi connectivity index (χ0) is 12.2. The topological polar surface area (TPSA) is 87.5 Å². The lowest BCUT2D eigenvalue weighted by molar-refractivity contribution is 0.381. The molecule has 0 bridgehead atoms. The van der Waals surface area contributed by atoms with Crippen LogP contribution in [0.5, 0.6) is 0 Å². The number of rotatable bonds is 0. The van der Waals surface area contributed by atoms with E-state index in [1.54, 1.807) is 0 Å². The largest absolute Gasteiger partial charge is 0.394 e. The van der Waals surface area contributed by atoms with Gasteiger partial charge in [-0.15, -0.1) is 0 Å². The van der Waals surface area contributed by atoms with E-state index in [4.69, 9.17) is 17.5 Å². The Hall–Kier alpha value is -1.50. The molecule has 0 unspecified atom stereocenters. The molecule has 0 atom stereocenters. The third kappa shape index (κ3) is 4.83. The minimum Gasteiger partial charge on any atom is -0.264 e. The van der Waals surface area contributed by atoms with Crippen molar-refractivity contribution in [3.8, 4) is 0 Å². The number of aryl methyl sites for hydroxylation is 1. The first-order valence-corrected chi connectivity index (χ1v) is 5.78. The summed E-state index contributed by atoms with van der Waals surface area (Å²) in [7, 11) is -4.67. The molecule has 0 saturated carbocycles. The van der Waals surface area contributed by atoms with E-state index in [0.29, 0.717) is 0 Å². The number of benzene rings is 1. The second kappa shape index (κ2) is 5.02. The van der Waals surface area contributed by atoms with Gasteiger partial charge in [0.1, 0.15) is 0 Å². The average Bonchev–Trinajstić information content (AvgIpc) is 2.15. The first-order valence-electron chi connectivity index (χ1n) is 4.38. The Morgan fingerprint density at radius 2 is 1.62 bits per heavy atom. The van der Waals surface area contributed by atoms with Crippen molar-refractivity contribution in [1.29, 1.82) is 0 Å². The summed E-state index contributed by atoms with van der Waals surface area (Å²) < 4.78 is 31.6. The molecule has 2 N–H and O–H groups in total. The van der Waals surface area contributed by atoms with Crippen LogP contribution in [0.25, 0.3) is 10.9 Å². The van der Waals surface area contributed by atoms with Crippen molar-refractivity contribution in [2.45, 2.75) is 6.92 Å². The molecule has 0 aliphatic heterocycles. The molecule has 16 heavy (non-hydrogen) atoms. The van der Waals surface area contributed by atoms with Crippen molar-refractivity contribution >= 4 is 21.3 Å². The van der Waals surface area contributed by atoms with Gasteiger partial charge in [-0.05, 0) is 19.1 Å². The Balaban J connectivity index is 0.000000221. The predicted octanol–water partition coefficient (Wildman–Crippen LogP) is 1.89. The molecule has 0 amide bonds. The molecule has 0 fully saturated rings. The van der Waals surface area contributed by atoms with E-state index < -0.39 is 10.4 Å². The highest BCUT2D eigenvalue weighted by Gasteiger charge is 1.91. The lowest BCUT2D eigenvalue weighted by Crippen LogP contribution is -1.89. The molecule has 0 saturated heterocycles. The molecule has 0 spiro atoms. The molecule has 0 aliphatic rings. The summed E-state index contributed by atoms with van der Waals surface area (Å²) in [4.78, 5) is 4.38. The van der Waals surface area contributed by atoms with Gasteiger partial charge in [0.05, 0.1) is 5.52 Å². The Morgan fingerprint density at radius 3 is 2.25 bits per heavy atom. The third-order valence-corrected chi connectivity index (χ3v) is 1.74. The van der Waals surface area contributed by atoms with Crippen LogP contribution in [0.15, 0.2) is 36.4 Å². The molecule has 2 aromatic rings. The van der Waals surface area contributed by atoms with E-state index >= 15 is 0 Å². The first-order chi connectivity index (χ1) is 7.36. The standard InChI is InChI=1S/C10H9N.H2O4S/c1-8-6-7-9-4-2-3-5-10(9)11-8;1-5(2,3)4/h2-7H,1H3;(H2,1,2,3,4). The van der Waals surface area contributed by atoms with Gasteiger partial charge >= 0.3 is 10.4 Å². The lowest BCUT2D eigenvalue weighted by Gasteiger charge is -1.95. The fourth-order valence-corrected chi connectivity index (χ4v) is 1.17. The number of fused-ring (bicyclic) bond motifs is 1. The van der Waals surface area contributed by atoms with E-state index in [2.05, 4.69) is 17.1 Å². The van der Waals surface area contributed by atoms with Crippen molar-refractivity contribution in [3.05, 3.63) is 42.1 Å². The quantitative estimate of drug-likeness (QED) is 0.688. The molecule has 0 radical (unpaired) electrons. The van der Waals surface area contributed by atoms with Gasteiger partial charge < -0.3 is 0 Å². The average molecular weight is 241 g/mol. The first kappa shape index (κ1) is 12.6. The number of hydrogen-bond acceptors (Lipinski definition) is 3. The minimum absolute atomic E-state index is 1.07. The summed E-state index contributed by atoms with van der Waals surface area (Å²) in [6.45, 7) is 2.01. The molecule has 1 aromatic carbocycles. The van der Waals surface area contributed by atoms with Gasteiger partial charge in [-0.1, -0.05) is 24.3 Å². The fraction of sp³-hybridized carbons (Fsp3) is 0.100. The van der Waals surface area contributed by atoms with Crippen molar-refractivity contribution in [3.63, 3.8) is 0 Å². The number of hydrogen-bond donors (Lipinski definition) is 2. The minimum atomic E-state index is -4.67. The van der Waals surface area contributed by atoms with Crippen LogP contribution in [0.1, 0.15) is 5.69 Å². The second-order valence-corrected chi connectivity index (χ2v) is 3.99. The van der Waals surface area contributed by atoms with Gasteiger partial charge in [0.2, 0.25) is 0 Å². The number of pyridine rings is 1. The highest BCUT2D eigenvalue weighted by atomic mass is 32.3. The van der Waals surface area contributed by atoms with Gasteiger partial charge in [-0.2, -0.15) is 8.42 Å². The van der Waals surface area contributed by atoms with Gasteiger partial charge in [-0.3, -0.25) is 14.1 Å². The van der Waals surface area contributed by atoms with E-state index in [1.165, 1.54) is 5.39 Å².